The largest absolute Gasteiger partial charge is 0.480 e. The van der Waals surface area contributed by atoms with Gasteiger partial charge in [0.25, 0.3) is 0 Å². The number of nitrogens with one attached hydrogen (secondary N) is 2. The van der Waals surface area contributed by atoms with Gasteiger partial charge in [0, 0.05) is 19.1 Å². The van der Waals surface area contributed by atoms with Crippen LogP contribution in [-0.4, -0.2) is 62.4 Å². The number of carboxylic acids is 1. The Morgan fingerprint density at radius 2 is 1.86 bits per heavy atom. The number of rotatable bonds is 8. The molecule has 21 heavy (non-hydrogen) atoms. The van der Waals surface area contributed by atoms with Crippen LogP contribution in [0.2, 0.25) is 0 Å². The highest BCUT2D eigenvalue weighted by Gasteiger charge is 2.27. The Bertz CT molecular complexity index is 460. The van der Waals surface area contributed by atoms with E-state index in [-0.39, 0.29) is 19.1 Å². The highest BCUT2D eigenvalue weighted by atomic mass is 32.2. The summed E-state index contributed by atoms with van der Waals surface area (Å²) < 4.78 is 24.0. The van der Waals surface area contributed by atoms with Gasteiger partial charge in [-0.15, -0.1) is 0 Å². The van der Waals surface area contributed by atoms with Gasteiger partial charge >= 0.3 is 12.0 Å². The molecule has 1 saturated carbocycles. The lowest BCUT2D eigenvalue weighted by molar-refractivity contribution is -0.138. The second-order valence-corrected chi connectivity index (χ2v) is 7.04. The lowest BCUT2D eigenvalue weighted by Crippen LogP contribution is -2.48. The van der Waals surface area contributed by atoms with Gasteiger partial charge in [0.05, 0.1) is 6.26 Å². The molecule has 0 radical (unpaired) electrons. The number of carbonyl (C=O) groups excluding carboxylic acids is 1. The maximum Gasteiger partial charge on any atom is 0.323 e. The number of hydrogen-bond acceptors (Lipinski definition) is 4. The number of carbonyl (C=O) groups is 2. The summed E-state index contributed by atoms with van der Waals surface area (Å²) in [6.07, 6.45) is 5.19. The van der Waals surface area contributed by atoms with Crippen LogP contribution in [0.1, 0.15) is 32.1 Å². The Balaban J connectivity index is 2.36. The third kappa shape index (κ3) is 7.28. The van der Waals surface area contributed by atoms with Crippen LogP contribution in [0.5, 0.6) is 0 Å². The van der Waals surface area contributed by atoms with Crippen LogP contribution in [0.25, 0.3) is 0 Å². The van der Waals surface area contributed by atoms with Gasteiger partial charge in [0.15, 0.2) is 0 Å². The first-order valence-corrected chi connectivity index (χ1v) is 8.89. The summed E-state index contributed by atoms with van der Waals surface area (Å²) in [7, 11) is -3.22. The highest BCUT2D eigenvalue weighted by Crippen LogP contribution is 2.23. The molecule has 0 spiro atoms. The smallest absolute Gasteiger partial charge is 0.323 e. The van der Waals surface area contributed by atoms with Gasteiger partial charge in [0.2, 0.25) is 10.0 Å². The van der Waals surface area contributed by atoms with Gasteiger partial charge in [-0.05, 0) is 19.3 Å². The first-order valence-electron chi connectivity index (χ1n) is 7.00. The Hall–Kier alpha value is -1.35. The molecule has 0 aromatic heterocycles. The Kier molecular flexibility index (Phi) is 6.90. The molecule has 0 saturated heterocycles. The SMILES string of the molecule is CS(=O)(=O)NCCCNC(=O)N(CC(=O)O)C1CCCC1. The van der Waals surface area contributed by atoms with Crippen molar-refractivity contribution < 1.29 is 23.1 Å². The zero-order chi connectivity index (χ0) is 15.9. The fraction of sp³-hybridized carbons (Fsp3) is 0.833. The van der Waals surface area contributed by atoms with Gasteiger partial charge in [-0.1, -0.05) is 12.8 Å². The fourth-order valence-electron chi connectivity index (χ4n) is 2.37. The van der Waals surface area contributed by atoms with Gasteiger partial charge in [-0.3, -0.25) is 4.79 Å². The van der Waals surface area contributed by atoms with Crippen molar-refractivity contribution in [1.82, 2.24) is 14.9 Å². The molecule has 0 unspecified atom stereocenters. The molecule has 2 amide bonds. The minimum atomic E-state index is -3.22. The molecule has 0 bridgehead atoms. The standard InChI is InChI=1S/C12H23N3O5S/c1-21(19,20)14-8-4-7-13-12(18)15(9-11(16)17)10-5-2-3-6-10/h10,14H,2-9H2,1H3,(H,13,18)(H,16,17). The van der Waals surface area contributed by atoms with E-state index < -0.39 is 22.0 Å². The molecular formula is C12H23N3O5S. The molecule has 8 nitrogen and oxygen atoms in total. The van der Waals surface area contributed by atoms with Crippen molar-refractivity contribution in [3.8, 4) is 0 Å². The molecule has 1 aliphatic rings. The van der Waals surface area contributed by atoms with Crippen molar-refractivity contribution in [3.63, 3.8) is 0 Å². The van der Waals surface area contributed by atoms with Gasteiger partial charge in [-0.25, -0.2) is 17.9 Å². The van der Waals surface area contributed by atoms with Crippen LogP contribution in [-0.2, 0) is 14.8 Å². The maximum atomic E-state index is 12.0. The van der Waals surface area contributed by atoms with E-state index in [9.17, 15) is 18.0 Å². The van der Waals surface area contributed by atoms with Gasteiger partial charge in [0.1, 0.15) is 6.54 Å². The number of amides is 2. The molecule has 1 rings (SSSR count). The average Bonchev–Trinajstić information content (AvgIpc) is 2.87. The van der Waals surface area contributed by atoms with Crippen molar-refractivity contribution in [1.29, 1.82) is 0 Å². The summed E-state index contributed by atoms with van der Waals surface area (Å²) in [6.45, 7) is 0.226. The van der Waals surface area contributed by atoms with E-state index in [1.165, 1.54) is 4.90 Å². The lowest BCUT2D eigenvalue weighted by atomic mass is 10.2. The lowest BCUT2D eigenvalue weighted by Gasteiger charge is -2.27. The minimum absolute atomic E-state index is 0.0183. The second-order valence-electron chi connectivity index (χ2n) is 5.21. The van der Waals surface area contributed by atoms with E-state index >= 15 is 0 Å². The average molecular weight is 321 g/mol. The fourth-order valence-corrected chi connectivity index (χ4v) is 2.89. The van der Waals surface area contributed by atoms with Crippen molar-refractivity contribution in [2.24, 2.45) is 0 Å². The van der Waals surface area contributed by atoms with Gasteiger partial charge < -0.3 is 15.3 Å². The van der Waals surface area contributed by atoms with Crippen LogP contribution in [0.4, 0.5) is 4.79 Å². The Morgan fingerprint density at radius 1 is 1.24 bits per heavy atom. The van der Waals surface area contributed by atoms with E-state index in [2.05, 4.69) is 10.0 Å². The topological polar surface area (TPSA) is 116 Å². The van der Waals surface area contributed by atoms with Crippen LogP contribution in [0.3, 0.4) is 0 Å². The zero-order valence-corrected chi connectivity index (χ0v) is 13.0. The van der Waals surface area contributed by atoms with Crippen LogP contribution >= 0.6 is 0 Å². The predicted octanol–water partition coefficient (Wildman–Crippen LogP) is -0.0355. The minimum Gasteiger partial charge on any atom is -0.480 e. The summed E-state index contributed by atoms with van der Waals surface area (Å²) in [5.74, 6) is -1.03. The molecule has 0 aliphatic heterocycles. The number of aliphatic carboxylic acids is 1. The number of carboxylic acid groups (broad SMARTS) is 1. The zero-order valence-electron chi connectivity index (χ0n) is 12.2. The summed E-state index contributed by atoms with van der Waals surface area (Å²) in [6, 6.07) is -0.418. The molecule has 0 aromatic rings. The number of nitrogens with zero attached hydrogens (tertiary/aromatic N) is 1. The van der Waals surface area contributed by atoms with E-state index in [4.69, 9.17) is 5.11 Å². The molecule has 1 fully saturated rings. The van der Waals surface area contributed by atoms with Crippen molar-refractivity contribution in [3.05, 3.63) is 0 Å². The maximum absolute atomic E-state index is 12.0. The number of sulfonamides is 1. The first-order chi connectivity index (χ1) is 9.79. The summed E-state index contributed by atoms with van der Waals surface area (Å²) in [5.41, 5.74) is 0. The molecule has 0 heterocycles. The summed E-state index contributed by atoms with van der Waals surface area (Å²) >= 11 is 0. The first kappa shape index (κ1) is 17.7. The van der Waals surface area contributed by atoms with E-state index in [0.29, 0.717) is 13.0 Å². The number of hydrogen-bond donors (Lipinski definition) is 3. The Morgan fingerprint density at radius 3 is 2.38 bits per heavy atom. The third-order valence-corrected chi connectivity index (χ3v) is 4.05. The highest BCUT2D eigenvalue weighted by molar-refractivity contribution is 7.88. The monoisotopic (exact) mass is 321 g/mol. The quantitative estimate of drug-likeness (QED) is 0.543. The molecule has 1 aliphatic carbocycles. The second kappa shape index (κ2) is 8.18. The summed E-state index contributed by atoms with van der Waals surface area (Å²) in [5, 5.41) is 11.5. The molecule has 9 heteroatoms. The molecule has 3 N–H and O–H groups in total. The summed E-state index contributed by atoms with van der Waals surface area (Å²) in [4.78, 5) is 24.3. The number of urea groups is 1. The predicted molar refractivity (Wildman–Crippen MR) is 77.5 cm³/mol. The molecule has 0 aromatic carbocycles. The third-order valence-electron chi connectivity index (χ3n) is 3.33. The Labute approximate surface area is 124 Å². The van der Waals surface area contributed by atoms with Crippen LogP contribution in [0, 0.1) is 0 Å². The molecular weight excluding hydrogens is 298 g/mol. The normalized spacial score (nSPS) is 15.9. The van der Waals surface area contributed by atoms with E-state index in [1.54, 1.807) is 0 Å². The van der Waals surface area contributed by atoms with Crippen molar-refractivity contribution in [2.75, 3.05) is 25.9 Å². The van der Waals surface area contributed by atoms with Crippen LogP contribution < -0.4 is 10.0 Å². The van der Waals surface area contributed by atoms with E-state index in [1.807, 2.05) is 0 Å². The molecule has 0 atom stereocenters. The van der Waals surface area contributed by atoms with E-state index in [0.717, 1.165) is 31.9 Å². The van der Waals surface area contributed by atoms with Gasteiger partial charge in [-0.2, -0.15) is 0 Å². The molecule has 122 valence electrons. The van der Waals surface area contributed by atoms with Crippen LogP contribution in [0.15, 0.2) is 0 Å². The van der Waals surface area contributed by atoms with Crippen molar-refractivity contribution >= 4 is 22.0 Å². The van der Waals surface area contributed by atoms with Crippen molar-refractivity contribution in [2.45, 2.75) is 38.1 Å².